The summed E-state index contributed by atoms with van der Waals surface area (Å²) in [7, 11) is 0. The van der Waals surface area contributed by atoms with Gasteiger partial charge in [0, 0.05) is 22.6 Å². The number of hydrogen-bond acceptors (Lipinski definition) is 7. The van der Waals surface area contributed by atoms with E-state index < -0.39 is 0 Å². The molecule has 0 saturated heterocycles. The Morgan fingerprint density at radius 2 is 2.09 bits per heavy atom. The number of anilines is 1. The number of nitrogens with one attached hydrogen (secondary N) is 1. The summed E-state index contributed by atoms with van der Waals surface area (Å²) in [4.78, 5) is 14.5. The van der Waals surface area contributed by atoms with Crippen LogP contribution in [0.4, 0.5) is 5.82 Å². The predicted molar refractivity (Wildman–Crippen MR) is 90.5 cm³/mol. The van der Waals surface area contributed by atoms with Crippen LogP contribution in [0.1, 0.15) is 41.2 Å². The van der Waals surface area contributed by atoms with Crippen molar-refractivity contribution < 1.29 is 4.52 Å². The minimum Gasteiger partial charge on any atom is -0.364 e. The van der Waals surface area contributed by atoms with Crippen LogP contribution in [0, 0.1) is 13.8 Å². The van der Waals surface area contributed by atoms with E-state index in [-0.39, 0.29) is 5.92 Å². The van der Waals surface area contributed by atoms with Crippen molar-refractivity contribution in [2.24, 2.45) is 0 Å². The molecule has 0 amide bonds. The normalized spacial score (nSPS) is 11.2. The number of hydrogen-bond donors (Lipinski definition) is 1. The van der Waals surface area contributed by atoms with Crippen molar-refractivity contribution in [2.45, 2.75) is 40.2 Å². The first-order valence-corrected chi connectivity index (χ1v) is 8.31. The van der Waals surface area contributed by atoms with Gasteiger partial charge in [0.25, 0.3) is 5.89 Å². The van der Waals surface area contributed by atoms with Gasteiger partial charge >= 0.3 is 0 Å². The molecule has 0 aliphatic rings. The molecule has 0 fully saturated rings. The summed E-state index contributed by atoms with van der Waals surface area (Å²) < 4.78 is 5.32. The van der Waals surface area contributed by atoms with Crippen molar-refractivity contribution in [1.29, 1.82) is 0 Å². The van der Waals surface area contributed by atoms with E-state index in [1.807, 2.05) is 32.9 Å². The second kappa shape index (κ2) is 6.45. The van der Waals surface area contributed by atoms with Crippen LogP contribution in [0.5, 0.6) is 0 Å². The van der Waals surface area contributed by atoms with Crippen molar-refractivity contribution >= 4 is 17.2 Å². The maximum absolute atomic E-state index is 5.32. The zero-order valence-electron chi connectivity index (χ0n) is 13.6. The van der Waals surface area contributed by atoms with Gasteiger partial charge in [0.05, 0.1) is 17.2 Å². The molecule has 0 aromatic carbocycles. The third kappa shape index (κ3) is 3.56. The van der Waals surface area contributed by atoms with E-state index in [1.54, 1.807) is 17.5 Å². The highest BCUT2D eigenvalue weighted by Gasteiger charge is 2.12. The van der Waals surface area contributed by atoms with Crippen LogP contribution in [-0.4, -0.2) is 20.1 Å². The Hall–Kier alpha value is -2.28. The largest absolute Gasteiger partial charge is 0.364 e. The Balaban J connectivity index is 1.75. The number of aromatic nitrogens is 4. The minimum absolute atomic E-state index is 0.239. The van der Waals surface area contributed by atoms with Gasteiger partial charge in [0.2, 0.25) is 0 Å². The maximum atomic E-state index is 5.32. The van der Waals surface area contributed by atoms with Gasteiger partial charge in [-0.05, 0) is 26.0 Å². The first kappa shape index (κ1) is 15.6. The number of nitrogens with zero attached hydrogens (tertiary/aromatic N) is 4. The summed E-state index contributed by atoms with van der Waals surface area (Å²) in [5.41, 5.74) is 1.91. The number of rotatable bonds is 5. The van der Waals surface area contributed by atoms with Gasteiger partial charge in [-0.3, -0.25) is 0 Å². The van der Waals surface area contributed by atoms with E-state index in [9.17, 15) is 0 Å². The molecule has 1 N–H and O–H groups in total. The highest BCUT2D eigenvalue weighted by atomic mass is 32.1. The van der Waals surface area contributed by atoms with E-state index in [2.05, 4.69) is 32.3 Å². The van der Waals surface area contributed by atoms with Gasteiger partial charge in [0.1, 0.15) is 5.82 Å². The summed E-state index contributed by atoms with van der Waals surface area (Å²) in [6.07, 6.45) is 1.73. The van der Waals surface area contributed by atoms with E-state index >= 15 is 0 Å². The summed E-state index contributed by atoms with van der Waals surface area (Å²) >= 11 is 1.71. The lowest BCUT2D eigenvalue weighted by molar-refractivity contribution is 0.419. The minimum atomic E-state index is 0.239. The second-order valence-electron chi connectivity index (χ2n) is 5.63. The lowest BCUT2D eigenvalue weighted by Crippen LogP contribution is -2.03. The van der Waals surface area contributed by atoms with Crippen LogP contribution in [0.15, 0.2) is 22.9 Å². The second-order valence-corrected chi connectivity index (χ2v) is 7.04. The Kier molecular flexibility index (Phi) is 4.38. The lowest BCUT2D eigenvalue weighted by atomic mass is 10.2. The van der Waals surface area contributed by atoms with Gasteiger partial charge in [-0.1, -0.05) is 19.0 Å². The molecule has 6 nitrogen and oxygen atoms in total. The average molecular weight is 329 g/mol. The first-order valence-electron chi connectivity index (χ1n) is 7.49. The molecule has 3 rings (SSSR count). The Bertz CT molecular complexity index is 808. The molecule has 120 valence electrons. The number of aryl methyl sites for hydroxylation is 2. The summed E-state index contributed by atoms with van der Waals surface area (Å²) in [5, 5.41) is 8.37. The predicted octanol–water partition coefficient (Wildman–Crippen LogP) is 3.94. The maximum Gasteiger partial charge on any atom is 0.258 e. The zero-order chi connectivity index (χ0) is 16.4. The summed E-state index contributed by atoms with van der Waals surface area (Å²) in [6.45, 7) is 8.81. The molecule has 7 heteroatoms. The topological polar surface area (TPSA) is 76.7 Å². The molecule has 0 spiro atoms. The SMILES string of the molecule is Cc1nc(CNc2cc(-c3nc(C(C)C)no3)ccn2)c(C)s1. The average Bonchev–Trinajstić information content (AvgIpc) is 3.12. The Labute approximate surface area is 139 Å². The molecular formula is C16H19N5OS. The Morgan fingerprint density at radius 3 is 2.74 bits per heavy atom. The van der Waals surface area contributed by atoms with Crippen LogP contribution in [-0.2, 0) is 6.54 Å². The fraction of sp³-hybridized carbons (Fsp3) is 0.375. The molecule has 3 aromatic heterocycles. The molecule has 3 aromatic rings. The third-order valence-electron chi connectivity index (χ3n) is 3.40. The summed E-state index contributed by atoms with van der Waals surface area (Å²) in [6, 6.07) is 3.77. The quantitative estimate of drug-likeness (QED) is 0.764. The van der Waals surface area contributed by atoms with Gasteiger partial charge in [-0.2, -0.15) is 4.98 Å². The van der Waals surface area contributed by atoms with E-state index in [0.29, 0.717) is 18.3 Å². The number of thiazole rings is 1. The van der Waals surface area contributed by atoms with Crippen molar-refractivity contribution in [2.75, 3.05) is 5.32 Å². The third-order valence-corrected chi connectivity index (χ3v) is 4.33. The molecule has 0 atom stereocenters. The molecule has 0 saturated carbocycles. The van der Waals surface area contributed by atoms with Crippen molar-refractivity contribution in [3.63, 3.8) is 0 Å². The fourth-order valence-corrected chi connectivity index (χ4v) is 2.99. The highest BCUT2D eigenvalue weighted by Crippen LogP contribution is 2.22. The van der Waals surface area contributed by atoms with Crippen molar-refractivity contribution in [3.8, 4) is 11.5 Å². The molecule has 0 unspecified atom stereocenters. The van der Waals surface area contributed by atoms with Gasteiger partial charge in [-0.25, -0.2) is 9.97 Å². The molecule has 3 heterocycles. The first-order chi connectivity index (χ1) is 11.0. The molecule has 0 bridgehead atoms. The van der Waals surface area contributed by atoms with Crippen LogP contribution < -0.4 is 5.32 Å². The monoisotopic (exact) mass is 329 g/mol. The van der Waals surface area contributed by atoms with Gasteiger partial charge in [-0.15, -0.1) is 11.3 Å². The molecule has 0 aliphatic carbocycles. The highest BCUT2D eigenvalue weighted by molar-refractivity contribution is 7.11. The molecule has 0 radical (unpaired) electrons. The van der Waals surface area contributed by atoms with Crippen LogP contribution >= 0.6 is 11.3 Å². The zero-order valence-corrected chi connectivity index (χ0v) is 14.4. The van der Waals surface area contributed by atoms with E-state index in [0.717, 1.165) is 22.1 Å². The standard InChI is InChI=1S/C16H19N5OS/c1-9(2)15-20-16(22-21-15)12-5-6-17-14(7-12)18-8-13-10(3)23-11(4)19-13/h5-7,9H,8H2,1-4H3,(H,17,18). The van der Waals surface area contributed by atoms with Gasteiger partial charge < -0.3 is 9.84 Å². The van der Waals surface area contributed by atoms with E-state index in [4.69, 9.17) is 4.52 Å². The van der Waals surface area contributed by atoms with Crippen LogP contribution in [0.2, 0.25) is 0 Å². The number of pyridine rings is 1. The van der Waals surface area contributed by atoms with Crippen molar-refractivity contribution in [1.82, 2.24) is 20.1 Å². The Morgan fingerprint density at radius 1 is 1.26 bits per heavy atom. The summed E-state index contributed by atoms with van der Waals surface area (Å²) in [5.74, 6) is 2.22. The molecule has 23 heavy (non-hydrogen) atoms. The molecule has 0 aliphatic heterocycles. The molecular weight excluding hydrogens is 310 g/mol. The van der Waals surface area contributed by atoms with Gasteiger partial charge in [0.15, 0.2) is 5.82 Å². The van der Waals surface area contributed by atoms with Crippen LogP contribution in [0.25, 0.3) is 11.5 Å². The van der Waals surface area contributed by atoms with E-state index in [1.165, 1.54) is 4.88 Å². The lowest BCUT2D eigenvalue weighted by Gasteiger charge is -2.05. The fourth-order valence-electron chi connectivity index (χ4n) is 2.16. The smallest absolute Gasteiger partial charge is 0.258 e. The van der Waals surface area contributed by atoms with Crippen LogP contribution in [0.3, 0.4) is 0 Å². The van der Waals surface area contributed by atoms with Crippen molar-refractivity contribution in [3.05, 3.63) is 39.7 Å².